The fourth-order valence-corrected chi connectivity index (χ4v) is 2.41. The van der Waals surface area contributed by atoms with Gasteiger partial charge >= 0.3 is 0 Å². The third kappa shape index (κ3) is 3.28. The second-order valence-corrected chi connectivity index (χ2v) is 5.88. The topological polar surface area (TPSA) is 68.8 Å². The molecule has 0 aliphatic rings. The molecule has 7 heteroatoms. The third-order valence-electron chi connectivity index (χ3n) is 3.76. The number of hydrogen-bond donors (Lipinski definition) is 1. The number of hydrogen-bond acceptors (Lipinski definition) is 5. The smallest absolute Gasteiger partial charge is 0.261 e. The summed E-state index contributed by atoms with van der Waals surface area (Å²) in [6.45, 7) is 4.04. The fourth-order valence-electron chi connectivity index (χ4n) is 2.28. The molecule has 0 saturated heterocycles. The van der Waals surface area contributed by atoms with Gasteiger partial charge in [0, 0.05) is 17.5 Å². The van der Waals surface area contributed by atoms with Crippen LogP contribution in [-0.4, -0.2) is 33.0 Å². The Bertz CT molecular complexity index is 793. The highest BCUT2D eigenvalue weighted by Gasteiger charge is 2.17. The lowest BCUT2D eigenvalue weighted by Gasteiger charge is -2.05. The molecule has 1 aromatic carbocycles. The van der Waals surface area contributed by atoms with Crippen molar-refractivity contribution in [3.05, 3.63) is 47.0 Å². The summed E-state index contributed by atoms with van der Waals surface area (Å²) < 4.78 is 7.21. The maximum Gasteiger partial charge on any atom is 0.261 e. The zero-order chi connectivity index (χ0) is 16.4. The molecule has 120 valence electrons. The van der Waals surface area contributed by atoms with Crippen LogP contribution in [0.15, 0.2) is 35.0 Å². The van der Waals surface area contributed by atoms with Crippen molar-refractivity contribution in [1.29, 1.82) is 0 Å². The molecule has 0 amide bonds. The van der Waals surface area contributed by atoms with Gasteiger partial charge in [-0.1, -0.05) is 16.8 Å². The Balaban J connectivity index is 1.88. The number of halogens is 1. The van der Waals surface area contributed by atoms with Gasteiger partial charge in [-0.3, -0.25) is 0 Å². The van der Waals surface area contributed by atoms with Crippen molar-refractivity contribution < 1.29 is 4.52 Å². The highest BCUT2D eigenvalue weighted by Crippen LogP contribution is 2.24. The molecule has 3 rings (SSSR count). The Morgan fingerprint density at radius 3 is 2.74 bits per heavy atom. The average molecular weight is 332 g/mol. The summed E-state index contributed by atoms with van der Waals surface area (Å²) in [6, 6.07) is 7.79. The van der Waals surface area contributed by atoms with Crippen LogP contribution < -0.4 is 5.32 Å². The predicted molar refractivity (Wildman–Crippen MR) is 88.8 cm³/mol. The molecule has 0 spiro atoms. The van der Waals surface area contributed by atoms with E-state index in [1.807, 2.05) is 42.9 Å². The lowest BCUT2D eigenvalue weighted by molar-refractivity contribution is 0.418. The number of nitrogens with one attached hydrogen (secondary N) is 1. The minimum absolute atomic E-state index is 0.290. The Morgan fingerprint density at radius 1 is 1.30 bits per heavy atom. The summed E-state index contributed by atoms with van der Waals surface area (Å²) in [5.41, 5.74) is 2.70. The first-order valence-corrected chi connectivity index (χ1v) is 7.77. The van der Waals surface area contributed by atoms with Gasteiger partial charge in [0.05, 0.1) is 23.1 Å². The first kappa shape index (κ1) is 15.7. The SMILES string of the molecule is CNC(C)Cc1noc(-c2cnn(-c3ccc(Cl)cc3)c2C)n1. The van der Waals surface area contributed by atoms with E-state index in [1.165, 1.54) is 0 Å². The highest BCUT2D eigenvalue weighted by molar-refractivity contribution is 6.30. The van der Waals surface area contributed by atoms with Crippen molar-refractivity contribution >= 4 is 11.6 Å². The summed E-state index contributed by atoms with van der Waals surface area (Å²) in [6.07, 6.45) is 2.45. The van der Waals surface area contributed by atoms with Crippen LogP contribution in [0.1, 0.15) is 18.4 Å². The molecule has 0 aliphatic carbocycles. The van der Waals surface area contributed by atoms with Crippen molar-refractivity contribution in [2.45, 2.75) is 26.3 Å². The quantitative estimate of drug-likeness (QED) is 0.778. The summed E-state index contributed by atoms with van der Waals surface area (Å²) in [5.74, 6) is 1.17. The standard InChI is InChI=1S/C16H18ClN5O/c1-10(18-3)8-15-20-16(23-21-15)14-9-19-22(11(14)2)13-6-4-12(17)5-7-13/h4-7,9-10,18H,8H2,1-3H3. The molecule has 23 heavy (non-hydrogen) atoms. The van der Waals surface area contributed by atoms with Crippen molar-refractivity contribution in [2.24, 2.45) is 0 Å². The number of likely N-dealkylation sites (N-methyl/N-ethyl adjacent to an activating group) is 1. The zero-order valence-corrected chi connectivity index (χ0v) is 14.0. The molecule has 0 saturated carbocycles. The first-order valence-electron chi connectivity index (χ1n) is 7.39. The molecular formula is C16H18ClN5O. The molecule has 0 fully saturated rings. The number of benzene rings is 1. The van der Waals surface area contributed by atoms with E-state index < -0.39 is 0 Å². The number of aromatic nitrogens is 4. The molecule has 0 aliphatic heterocycles. The average Bonchev–Trinajstić information content (AvgIpc) is 3.14. The van der Waals surface area contributed by atoms with Gasteiger partial charge < -0.3 is 9.84 Å². The molecule has 0 bridgehead atoms. The second kappa shape index (κ2) is 6.52. The molecule has 3 aromatic rings. The van der Waals surface area contributed by atoms with Crippen molar-refractivity contribution in [1.82, 2.24) is 25.2 Å². The van der Waals surface area contributed by atoms with Gasteiger partial charge in [0.1, 0.15) is 0 Å². The maximum atomic E-state index is 5.93. The van der Waals surface area contributed by atoms with Gasteiger partial charge in [0.15, 0.2) is 5.82 Å². The minimum atomic E-state index is 0.290. The maximum absolute atomic E-state index is 5.93. The van der Waals surface area contributed by atoms with Crippen LogP contribution in [0.2, 0.25) is 5.02 Å². The van der Waals surface area contributed by atoms with Crippen molar-refractivity contribution in [3.8, 4) is 17.1 Å². The highest BCUT2D eigenvalue weighted by atomic mass is 35.5. The molecule has 1 atom stereocenters. The van der Waals surface area contributed by atoms with Crippen LogP contribution >= 0.6 is 11.6 Å². The van der Waals surface area contributed by atoms with E-state index >= 15 is 0 Å². The zero-order valence-electron chi connectivity index (χ0n) is 13.2. The van der Waals surface area contributed by atoms with Gasteiger partial charge in [-0.25, -0.2) is 4.68 Å². The Hall–Kier alpha value is -2.18. The molecule has 2 heterocycles. The van der Waals surface area contributed by atoms with Crippen molar-refractivity contribution in [2.75, 3.05) is 7.05 Å². The van der Waals surface area contributed by atoms with Gasteiger partial charge in [0.2, 0.25) is 0 Å². The van der Waals surface area contributed by atoms with E-state index in [9.17, 15) is 0 Å². The molecule has 2 aromatic heterocycles. The molecular weight excluding hydrogens is 314 g/mol. The van der Waals surface area contributed by atoms with E-state index in [2.05, 4.69) is 27.5 Å². The normalized spacial score (nSPS) is 12.5. The van der Waals surface area contributed by atoms with E-state index in [0.717, 1.165) is 16.9 Å². The van der Waals surface area contributed by atoms with Crippen LogP contribution in [0, 0.1) is 6.92 Å². The lowest BCUT2D eigenvalue weighted by Crippen LogP contribution is -2.24. The van der Waals surface area contributed by atoms with E-state index in [4.69, 9.17) is 16.1 Å². The lowest BCUT2D eigenvalue weighted by atomic mass is 10.2. The summed E-state index contributed by atoms with van der Waals surface area (Å²) in [5, 5.41) is 12.3. The monoisotopic (exact) mass is 331 g/mol. The molecule has 0 radical (unpaired) electrons. The second-order valence-electron chi connectivity index (χ2n) is 5.44. The Labute approximate surface area is 139 Å². The molecule has 1 unspecified atom stereocenters. The minimum Gasteiger partial charge on any atom is -0.334 e. The van der Waals surface area contributed by atoms with Gasteiger partial charge in [-0.2, -0.15) is 10.1 Å². The van der Waals surface area contributed by atoms with Gasteiger partial charge in [-0.15, -0.1) is 0 Å². The van der Waals surface area contributed by atoms with E-state index in [1.54, 1.807) is 6.20 Å². The fraction of sp³-hybridized carbons (Fsp3) is 0.312. The molecule has 1 N–H and O–H groups in total. The Kier molecular flexibility index (Phi) is 4.45. The van der Waals surface area contributed by atoms with Gasteiger partial charge in [-0.05, 0) is 45.2 Å². The predicted octanol–water partition coefficient (Wildman–Crippen LogP) is 3.03. The van der Waals surface area contributed by atoms with E-state index in [-0.39, 0.29) is 0 Å². The van der Waals surface area contributed by atoms with Crippen LogP contribution in [0.25, 0.3) is 17.1 Å². The number of nitrogens with zero attached hydrogens (tertiary/aromatic N) is 4. The first-order chi connectivity index (χ1) is 11.1. The number of rotatable bonds is 5. The van der Waals surface area contributed by atoms with Crippen molar-refractivity contribution in [3.63, 3.8) is 0 Å². The summed E-state index contributed by atoms with van der Waals surface area (Å²) in [7, 11) is 1.91. The van der Waals surface area contributed by atoms with Crippen LogP contribution in [0.4, 0.5) is 0 Å². The summed E-state index contributed by atoms with van der Waals surface area (Å²) in [4.78, 5) is 4.46. The van der Waals surface area contributed by atoms with Crippen LogP contribution in [0.3, 0.4) is 0 Å². The van der Waals surface area contributed by atoms with E-state index in [0.29, 0.717) is 29.2 Å². The largest absolute Gasteiger partial charge is 0.334 e. The molecule has 6 nitrogen and oxygen atoms in total. The summed E-state index contributed by atoms with van der Waals surface area (Å²) >= 11 is 5.93. The van der Waals surface area contributed by atoms with Crippen LogP contribution in [-0.2, 0) is 6.42 Å². The van der Waals surface area contributed by atoms with Gasteiger partial charge in [0.25, 0.3) is 5.89 Å². The Morgan fingerprint density at radius 2 is 2.04 bits per heavy atom. The van der Waals surface area contributed by atoms with Crippen LogP contribution in [0.5, 0.6) is 0 Å². The third-order valence-corrected chi connectivity index (χ3v) is 4.01.